The zero-order chi connectivity index (χ0) is 10.8. The molecule has 0 saturated heterocycles. The van der Waals surface area contributed by atoms with Gasteiger partial charge < -0.3 is 0 Å². The lowest BCUT2D eigenvalue weighted by atomic mass is 9.76. The van der Waals surface area contributed by atoms with Gasteiger partial charge in [0.2, 0.25) is 0 Å². The molecule has 1 atom stereocenters. The summed E-state index contributed by atoms with van der Waals surface area (Å²) in [6.07, 6.45) is 3.37. The summed E-state index contributed by atoms with van der Waals surface area (Å²) in [5, 5.41) is 1.97. The lowest BCUT2D eigenvalue weighted by molar-refractivity contribution is 0.411. The quantitative estimate of drug-likeness (QED) is 0.683. The second kappa shape index (κ2) is 4.43. The monoisotopic (exact) mass is 214 g/mol. The molecular formula is C12H19FS. The predicted octanol–water partition coefficient (Wildman–Crippen LogP) is 4.66. The maximum atomic E-state index is 13.3. The molecule has 0 radical (unpaired) electrons. The molecule has 80 valence electrons. The molecule has 2 heteroatoms. The molecule has 0 spiro atoms. The van der Waals surface area contributed by atoms with Crippen LogP contribution in [0.5, 0.6) is 0 Å². The third kappa shape index (κ3) is 2.00. The summed E-state index contributed by atoms with van der Waals surface area (Å²) >= 11 is 1.23. The average molecular weight is 214 g/mol. The van der Waals surface area contributed by atoms with E-state index in [4.69, 9.17) is 0 Å². The van der Waals surface area contributed by atoms with Crippen molar-refractivity contribution in [3.63, 3.8) is 0 Å². The van der Waals surface area contributed by atoms with Crippen LogP contribution in [0.2, 0.25) is 0 Å². The van der Waals surface area contributed by atoms with E-state index in [9.17, 15) is 4.39 Å². The van der Waals surface area contributed by atoms with E-state index < -0.39 is 0 Å². The van der Waals surface area contributed by atoms with E-state index in [0.717, 1.165) is 24.8 Å². The van der Waals surface area contributed by atoms with Crippen LogP contribution in [0.15, 0.2) is 5.38 Å². The van der Waals surface area contributed by atoms with Crippen molar-refractivity contribution in [1.29, 1.82) is 0 Å². The molecule has 1 rings (SSSR count). The Balaban J connectivity index is 3.05. The van der Waals surface area contributed by atoms with Crippen molar-refractivity contribution in [3.05, 3.63) is 21.6 Å². The number of hydrogen-bond acceptors (Lipinski definition) is 1. The Morgan fingerprint density at radius 1 is 1.43 bits per heavy atom. The van der Waals surface area contributed by atoms with Crippen molar-refractivity contribution in [1.82, 2.24) is 0 Å². The predicted molar refractivity (Wildman–Crippen MR) is 61.6 cm³/mol. The van der Waals surface area contributed by atoms with Crippen LogP contribution in [0.3, 0.4) is 0 Å². The number of rotatable bonds is 4. The van der Waals surface area contributed by atoms with Crippen LogP contribution in [0, 0.1) is 12.1 Å². The second-order valence-corrected chi connectivity index (χ2v) is 5.04. The molecule has 0 fully saturated rings. The molecule has 14 heavy (non-hydrogen) atoms. The van der Waals surface area contributed by atoms with E-state index in [-0.39, 0.29) is 10.5 Å². The van der Waals surface area contributed by atoms with Crippen LogP contribution in [0.1, 0.15) is 51.2 Å². The molecule has 0 amide bonds. The second-order valence-electron chi connectivity index (χ2n) is 4.21. The molecule has 1 aromatic heterocycles. The van der Waals surface area contributed by atoms with Crippen molar-refractivity contribution in [3.8, 4) is 0 Å². The summed E-state index contributed by atoms with van der Waals surface area (Å²) < 4.78 is 13.3. The molecule has 0 aromatic carbocycles. The Morgan fingerprint density at radius 3 is 2.43 bits per heavy atom. The highest BCUT2D eigenvalue weighted by molar-refractivity contribution is 7.08. The molecule has 0 bridgehead atoms. The van der Waals surface area contributed by atoms with Gasteiger partial charge in [-0.25, -0.2) is 0 Å². The molecular weight excluding hydrogens is 195 g/mol. The van der Waals surface area contributed by atoms with E-state index in [0.29, 0.717) is 0 Å². The Hall–Kier alpha value is -0.370. The lowest BCUT2D eigenvalue weighted by Gasteiger charge is -2.28. The average Bonchev–Trinajstić information content (AvgIpc) is 2.48. The van der Waals surface area contributed by atoms with Crippen molar-refractivity contribution in [2.24, 2.45) is 0 Å². The smallest absolute Gasteiger partial charge is 0.179 e. The highest BCUT2D eigenvalue weighted by Crippen LogP contribution is 2.37. The number of thiophene rings is 1. The van der Waals surface area contributed by atoms with Gasteiger partial charge in [0.15, 0.2) is 5.13 Å². The van der Waals surface area contributed by atoms with Gasteiger partial charge in [-0.15, -0.1) is 11.3 Å². The van der Waals surface area contributed by atoms with E-state index in [1.54, 1.807) is 0 Å². The fourth-order valence-electron chi connectivity index (χ4n) is 2.04. The fourth-order valence-corrected chi connectivity index (χ4v) is 3.01. The van der Waals surface area contributed by atoms with Gasteiger partial charge in [-0.3, -0.25) is 0 Å². The third-order valence-electron chi connectivity index (χ3n) is 3.21. The van der Waals surface area contributed by atoms with Crippen molar-refractivity contribution in [2.75, 3.05) is 0 Å². The largest absolute Gasteiger partial charge is 0.195 e. The zero-order valence-corrected chi connectivity index (χ0v) is 10.3. The maximum absolute atomic E-state index is 13.3. The van der Waals surface area contributed by atoms with Crippen molar-refractivity contribution < 1.29 is 4.39 Å². The Kier molecular flexibility index (Phi) is 3.71. The van der Waals surface area contributed by atoms with Gasteiger partial charge in [-0.1, -0.05) is 27.2 Å². The minimum atomic E-state index is -0.0178. The van der Waals surface area contributed by atoms with E-state index >= 15 is 0 Å². The first kappa shape index (κ1) is 11.7. The van der Waals surface area contributed by atoms with Crippen molar-refractivity contribution >= 4 is 11.3 Å². The molecule has 0 aliphatic rings. The first-order chi connectivity index (χ1) is 6.55. The number of hydrogen-bond donors (Lipinski definition) is 0. The first-order valence-corrected chi connectivity index (χ1v) is 6.17. The summed E-state index contributed by atoms with van der Waals surface area (Å²) in [5.74, 6) is 0. The van der Waals surface area contributed by atoms with E-state index in [1.807, 2.05) is 12.3 Å². The van der Waals surface area contributed by atoms with Gasteiger partial charge in [0, 0.05) is 0 Å². The first-order valence-electron chi connectivity index (χ1n) is 5.29. The topological polar surface area (TPSA) is 0 Å². The molecule has 0 N–H and O–H groups in total. The molecule has 0 aliphatic carbocycles. The van der Waals surface area contributed by atoms with Crippen LogP contribution in [-0.2, 0) is 5.41 Å². The van der Waals surface area contributed by atoms with Crippen LogP contribution >= 0.6 is 11.3 Å². The van der Waals surface area contributed by atoms with Gasteiger partial charge >= 0.3 is 0 Å². The summed E-state index contributed by atoms with van der Waals surface area (Å²) in [6.45, 7) is 8.51. The Morgan fingerprint density at radius 2 is 2.07 bits per heavy atom. The molecule has 1 unspecified atom stereocenters. The van der Waals surface area contributed by atoms with Crippen LogP contribution < -0.4 is 0 Å². The minimum absolute atomic E-state index is 0.0178. The highest BCUT2D eigenvalue weighted by atomic mass is 32.1. The van der Waals surface area contributed by atoms with Crippen LogP contribution in [0.25, 0.3) is 0 Å². The van der Waals surface area contributed by atoms with Gasteiger partial charge in [-0.2, -0.15) is 4.39 Å². The Labute approximate surface area is 90.2 Å². The molecule has 1 heterocycles. The molecule has 0 nitrogen and oxygen atoms in total. The Bertz CT molecular complexity index is 303. The number of halogens is 1. The SMILES string of the molecule is CCCC(C)(CC)c1csc(F)c1C. The maximum Gasteiger partial charge on any atom is 0.179 e. The summed E-state index contributed by atoms with van der Waals surface area (Å²) in [4.78, 5) is 0. The summed E-state index contributed by atoms with van der Waals surface area (Å²) in [7, 11) is 0. The lowest BCUT2D eigenvalue weighted by Crippen LogP contribution is -2.20. The zero-order valence-electron chi connectivity index (χ0n) is 9.48. The highest BCUT2D eigenvalue weighted by Gasteiger charge is 2.27. The van der Waals surface area contributed by atoms with Crippen molar-refractivity contribution in [2.45, 2.75) is 52.4 Å². The van der Waals surface area contributed by atoms with E-state index in [1.165, 1.54) is 16.9 Å². The third-order valence-corrected chi connectivity index (χ3v) is 4.08. The minimum Gasteiger partial charge on any atom is -0.195 e. The van der Waals surface area contributed by atoms with Crippen LogP contribution in [0.4, 0.5) is 4.39 Å². The van der Waals surface area contributed by atoms with Crippen LogP contribution in [-0.4, -0.2) is 0 Å². The van der Waals surface area contributed by atoms with Gasteiger partial charge in [0.1, 0.15) is 0 Å². The van der Waals surface area contributed by atoms with E-state index in [2.05, 4.69) is 20.8 Å². The summed E-state index contributed by atoms with van der Waals surface area (Å²) in [5.41, 5.74) is 2.23. The van der Waals surface area contributed by atoms with Gasteiger partial charge in [0.05, 0.1) is 0 Å². The standard InChI is InChI=1S/C12H19FS/c1-5-7-12(4,6-2)10-8-14-11(13)9(10)3/h8H,5-7H2,1-4H3. The van der Waals surface area contributed by atoms with Gasteiger partial charge in [0.25, 0.3) is 0 Å². The molecule has 1 aromatic rings. The normalized spacial score (nSPS) is 15.5. The van der Waals surface area contributed by atoms with Gasteiger partial charge in [-0.05, 0) is 41.7 Å². The fraction of sp³-hybridized carbons (Fsp3) is 0.667. The molecule has 0 aliphatic heterocycles. The summed E-state index contributed by atoms with van der Waals surface area (Å²) in [6, 6.07) is 0. The molecule has 0 saturated carbocycles.